The molecular weight excluding hydrogens is 356 g/mol. The Labute approximate surface area is 154 Å². The zero-order valence-corrected chi connectivity index (χ0v) is 15.4. The van der Waals surface area contributed by atoms with E-state index in [0.717, 1.165) is 27.0 Å². The van der Waals surface area contributed by atoms with Crippen molar-refractivity contribution in [1.29, 1.82) is 0 Å². The van der Waals surface area contributed by atoms with E-state index in [4.69, 9.17) is 0 Å². The lowest BCUT2D eigenvalue weighted by Gasteiger charge is -2.16. The van der Waals surface area contributed by atoms with Crippen molar-refractivity contribution in [3.05, 3.63) is 74.2 Å². The standard InChI is InChI=1S/C19H16O2S3/c20-16(10-9-15-8-4-11-22-15)17(19-23-12-5-13-24-19)18(21)14-6-2-1-3-7-14/h1-4,6-11H,5,12-13H2/b10-9+. The molecule has 0 amide bonds. The van der Waals surface area contributed by atoms with E-state index in [2.05, 4.69) is 0 Å². The van der Waals surface area contributed by atoms with Crippen LogP contribution in [0.15, 0.2) is 63.7 Å². The van der Waals surface area contributed by atoms with Gasteiger partial charge in [-0.15, -0.1) is 34.9 Å². The van der Waals surface area contributed by atoms with Crippen LogP contribution in [-0.2, 0) is 4.79 Å². The molecule has 24 heavy (non-hydrogen) atoms. The van der Waals surface area contributed by atoms with Gasteiger partial charge in [-0.05, 0) is 41.5 Å². The predicted octanol–water partition coefficient (Wildman–Crippen LogP) is 5.30. The molecule has 3 rings (SSSR count). The molecule has 122 valence electrons. The van der Waals surface area contributed by atoms with Crippen molar-refractivity contribution >= 4 is 52.5 Å². The SMILES string of the molecule is O=C(/C=C/c1cccs1)C(C(=O)c1ccccc1)=C1SCCCS1. The first-order valence-corrected chi connectivity index (χ1v) is 10.5. The largest absolute Gasteiger partial charge is 0.289 e. The summed E-state index contributed by atoms with van der Waals surface area (Å²) >= 11 is 4.80. The maximum atomic E-state index is 12.9. The molecule has 0 N–H and O–H groups in total. The molecule has 0 bridgehead atoms. The Bertz CT molecular complexity index is 766. The van der Waals surface area contributed by atoms with Crippen LogP contribution in [0.1, 0.15) is 21.7 Å². The van der Waals surface area contributed by atoms with Gasteiger partial charge in [-0.1, -0.05) is 36.4 Å². The van der Waals surface area contributed by atoms with Gasteiger partial charge in [-0.2, -0.15) is 0 Å². The molecule has 2 aromatic rings. The van der Waals surface area contributed by atoms with Crippen molar-refractivity contribution in [2.24, 2.45) is 0 Å². The maximum absolute atomic E-state index is 12.9. The Morgan fingerprint density at radius 3 is 2.38 bits per heavy atom. The van der Waals surface area contributed by atoms with E-state index in [-0.39, 0.29) is 11.6 Å². The Balaban J connectivity index is 1.93. The minimum Gasteiger partial charge on any atom is -0.289 e. The highest BCUT2D eigenvalue weighted by molar-refractivity contribution is 8.22. The summed E-state index contributed by atoms with van der Waals surface area (Å²) in [5, 5.41) is 1.96. The number of hydrogen-bond donors (Lipinski definition) is 0. The number of benzene rings is 1. The van der Waals surface area contributed by atoms with Crippen molar-refractivity contribution in [2.75, 3.05) is 11.5 Å². The first-order valence-electron chi connectivity index (χ1n) is 7.61. The first kappa shape index (κ1) is 17.3. The first-order chi connectivity index (χ1) is 11.8. The number of rotatable bonds is 5. The van der Waals surface area contributed by atoms with E-state index in [0.29, 0.717) is 11.1 Å². The van der Waals surface area contributed by atoms with E-state index < -0.39 is 0 Å². The average Bonchev–Trinajstić information content (AvgIpc) is 3.15. The second-order valence-electron chi connectivity index (χ2n) is 5.12. The number of carbonyl (C=O) groups excluding carboxylic acids is 2. The molecule has 2 heterocycles. The number of thiophene rings is 1. The smallest absolute Gasteiger partial charge is 0.198 e. The lowest BCUT2D eigenvalue weighted by molar-refractivity contribution is -0.111. The predicted molar refractivity (Wildman–Crippen MR) is 106 cm³/mol. The van der Waals surface area contributed by atoms with E-state index >= 15 is 0 Å². The van der Waals surface area contributed by atoms with Gasteiger partial charge in [-0.25, -0.2) is 0 Å². The fraction of sp³-hybridized carbons (Fsp3) is 0.158. The van der Waals surface area contributed by atoms with Crippen molar-refractivity contribution in [1.82, 2.24) is 0 Å². The van der Waals surface area contributed by atoms with Gasteiger partial charge in [0, 0.05) is 10.4 Å². The highest BCUT2D eigenvalue weighted by atomic mass is 32.2. The highest BCUT2D eigenvalue weighted by Gasteiger charge is 2.24. The van der Waals surface area contributed by atoms with Crippen LogP contribution in [0.5, 0.6) is 0 Å². The Kier molecular flexibility index (Phi) is 6.12. The third-order valence-electron chi connectivity index (χ3n) is 3.41. The number of hydrogen-bond acceptors (Lipinski definition) is 5. The molecule has 5 heteroatoms. The van der Waals surface area contributed by atoms with Crippen molar-refractivity contribution in [3.63, 3.8) is 0 Å². The van der Waals surface area contributed by atoms with Gasteiger partial charge in [0.25, 0.3) is 0 Å². The van der Waals surface area contributed by atoms with E-state index in [1.54, 1.807) is 53.1 Å². The molecule has 0 saturated carbocycles. The average molecular weight is 373 g/mol. The monoisotopic (exact) mass is 372 g/mol. The van der Waals surface area contributed by atoms with Gasteiger partial charge in [0.2, 0.25) is 0 Å². The normalized spacial score (nSPS) is 14.8. The third-order valence-corrected chi connectivity index (χ3v) is 6.87. The second-order valence-corrected chi connectivity index (χ2v) is 8.57. The fourth-order valence-electron chi connectivity index (χ4n) is 2.24. The fourth-order valence-corrected chi connectivity index (χ4v) is 5.50. The van der Waals surface area contributed by atoms with Crippen LogP contribution in [0.3, 0.4) is 0 Å². The van der Waals surface area contributed by atoms with Crippen LogP contribution in [0.25, 0.3) is 6.08 Å². The molecule has 0 spiro atoms. The number of carbonyl (C=O) groups is 2. The Morgan fingerprint density at radius 1 is 0.958 bits per heavy atom. The number of allylic oxidation sites excluding steroid dienone is 2. The van der Waals surface area contributed by atoms with E-state index in [1.807, 2.05) is 35.7 Å². The van der Waals surface area contributed by atoms with E-state index in [9.17, 15) is 9.59 Å². The minimum atomic E-state index is -0.214. The molecule has 2 nitrogen and oxygen atoms in total. The van der Waals surface area contributed by atoms with Gasteiger partial charge >= 0.3 is 0 Å². The number of Topliss-reactive ketones (excluding diaryl/α,β-unsaturated/α-hetero) is 1. The summed E-state index contributed by atoms with van der Waals surface area (Å²) in [5.41, 5.74) is 0.869. The summed E-state index contributed by atoms with van der Waals surface area (Å²) in [7, 11) is 0. The molecule has 0 radical (unpaired) electrons. The maximum Gasteiger partial charge on any atom is 0.198 e. The van der Waals surface area contributed by atoms with Crippen LogP contribution in [-0.4, -0.2) is 23.1 Å². The molecule has 1 fully saturated rings. The van der Waals surface area contributed by atoms with Crippen molar-refractivity contribution < 1.29 is 9.59 Å². The van der Waals surface area contributed by atoms with Crippen LogP contribution in [0.2, 0.25) is 0 Å². The molecule has 1 aromatic carbocycles. The van der Waals surface area contributed by atoms with Gasteiger partial charge in [0.1, 0.15) is 0 Å². The summed E-state index contributed by atoms with van der Waals surface area (Å²) in [6.07, 6.45) is 4.40. The Morgan fingerprint density at radius 2 is 1.71 bits per heavy atom. The minimum absolute atomic E-state index is 0.187. The van der Waals surface area contributed by atoms with Crippen LogP contribution >= 0.6 is 34.9 Å². The van der Waals surface area contributed by atoms with Gasteiger partial charge in [-0.3, -0.25) is 9.59 Å². The topological polar surface area (TPSA) is 34.1 Å². The third kappa shape index (κ3) is 4.29. The van der Waals surface area contributed by atoms with Gasteiger partial charge < -0.3 is 0 Å². The Hall–Kier alpha value is -1.56. The zero-order chi connectivity index (χ0) is 16.8. The molecule has 1 saturated heterocycles. The zero-order valence-electron chi connectivity index (χ0n) is 12.9. The number of ketones is 2. The van der Waals surface area contributed by atoms with Gasteiger partial charge in [0.15, 0.2) is 11.6 Å². The lowest BCUT2D eigenvalue weighted by atomic mass is 10.0. The van der Waals surface area contributed by atoms with Crippen LogP contribution in [0.4, 0.5) is 0 Å². The summed E-state index contributed by atoms with van der Waals surface area (Å²) in [5.74, 6) is 1.51. The van der Waals surface area contributed by atoms with Gasteiger partial charge in [0.05, 0.1) is 9.81 Å². The molecule has 0 unspecified atom stereocenters. The van der Waals surface area contributed by atoms with E-state index in [1.165, 1.54) is 6.08 Å². The summed E-state index contributed by atoms with van der Waals surface area (Å²) in [6.45, 7) is 0. The van der Waals surface area contributed by atoms with Crippen LogP contribution < -0.4 is 0 Å². The molecule has 1 aliphatic rings. The lowest BCUT2D eigenvalue weighted by Crippen LogP contribution is -2.14. The number of thioether (sulfide) groups is 2. The second kappa shape index (κ2) is 8.51. The highest BCUT2D eigenvalue weighted by Crippen LogP contribution is 2.38. The quantitative estimate of drug-likeness (QED) is 0.309. The summed E-state index contributed by atoms with van der Waals surface area (Å²) in [6, 6.07) is 12.9. The molecule has 1 aromatic heterocycles. The summed E-state index contributed by atoms with van der Waals surface area (Å²) in [4.78, 5) is 26.7. The molecule has 1 aliphatic heterocycles. The molecule has 0 aliphatic carbocycles. The van der Waals surface area contributed by atoms with Crippen molar-refractivity contribution in [2.45, 2.75) is 6.42 Å². The molecular formula is C19H16O2S3. The molecule has 0 atom stereocenters. The summed E-state index contributed by atoms with van der Waals surface area (Å²) < 4.78 is 0.857. The van der Waals surface area contributed by atoms with Crippen molar-refractivity contribution in [3.8, 4) is 0 Å². The van der Waals surface area contributed by atoms with Crippen LogP contribution in [0, 0.1) is 0 Å².